The number of hydrogen-bond donors (Lipinski definition) is 0. The van der Waals surface area contributed by atoms with Gasteiger partial charge in [-0.2, -0.15) is 0 Å². The van der Waals surface area contributed by atoms with Crippen LogP contribution in [0.3, 0.4) is 0 Å². The van der Waals surface area contributed by atoms with E-state index in [9.17, 15) is 4.79 Å². The van der Waals surface area contributed by atoms with Crippen LogP contribution in [-0.4, -0.2) is 27.6 Å². The maximum absolute atomic E-state index is 13.8. The minimum absolute atomic E-state index is 0.141. The van der Waals surface area contributed by atoms with E-state index >= 15 is 0 Å². The molecule has 4 heterocycles. The molecule has 4 aromatic heterocycles. The highest BCUT2D eigenvalue weighted by Gasteiger charge is 2.27. The average Bonchev–Trinajstić information content (AvgIpc) is 3.50. The van der Waals surface area contributed by atoms with E-state index in [-0.39, 0.29) is 5.91 Å². The number of amides is 1. The van der Waals surface area contributed by atoms with Crippen LogP contribution in [0, 0.1) is 6.92 Å². The lowest BCUT2D eigenvalue weighted by atomic mass is 10.0. The van der Waals surface area contributed by atoms with Crippen molar-refractivity contribution in [2.75, 3.05) is 11.4 Å². The molecule has 0 saturated heterocycles. The zero-order valence-corrected chi connectivity index (χ0v) is 18.2. The molecule has 0 aromatic carbocycles. The third-order valence-electron chi connectivity index (χ3n) is 5.24. The Hall–Kier alpha value is -2.84. The lowest BCUT2D eigenvalue weighted by Gasteiger charge is -2.19. The van der Waals surface area contributed by atoms with Gasteiger partial charge < -0.3 is 4.52 Å². The minimum atomic E-state index is -0.141. The molecule has 0 radical (unpaired) electrons. The second-order valence-electron chi connectivity index (χ2n) is 7.26. The van der Waals surface area contributed by atoms with Crippen molar-refractivity contribution in [1.29, 1.82) is 0 Å². The van der Waals surface area contributed by atoms with Crippen LogP contribution in [0.1, 0.15) is 39.5 Å². The van der Waals surface area contributed by atoms with Gasteiger partial charge in [0.25, 0.3) is 11.6 Å². The van der Waals surface area contributed by atoms with Crippen LogP contribution in [0.15, 0.2) is 40.8 Å². The normalized spacial score (nSPS) is 13.4. The van der Waals surface area contributed by atoms with Crippen molar-refractivity contribution in [3.63, 3.8) is 0 Å². The SMILES string of the molecule is C=CCN(C(=O)c1cc(-c2cccs2)nc2onc(C)c12)c1nc2c(s1)CCCC2. The zero-order valence-electron chi connectivity index (χ0n) is 16.6. The molecule has 1 aliphatic carbocycles. The molecular weight excluding hydrogens is 416 g/mol. The van der Waals surface area contributed by atoms with E-state index in [1.807, 2.05) is 30.5 Å². The van der Waals surface area contributed by atoms with Gasteiger partial charge in [-0.1, -0.05) is 17.3 Å². The number of carbonyl (C=O) groups excluding carboxylic acids is 1. The fourth-order valence-corrected chi connectivity index (χ4v) is 5.63. The van der Waals surface area contributed by atoms with Gasteiger partial charge in [-0.05, 0) is 50.1 Å². The first-order valence-corrected chi connectivity index (χ1v) is 11.6. The van der Waals surface area contributed by atoms with E-state index in [1.165, 1.54) is 11.3 Å². The smallest absolute Gasteiger partial charge is 0.261 e. The first-order chi connectivity index (χ1) is 14.7. The largest absolute Gasteiger partial charge is 0.335 e. The van der Waals surface area contributed by atoms with Crippen molar-refractivity contribution in [3.05, 3.63) is 58.1 Å². The van der Waals surface area contributed by atoms with Crippen molar-refractivity contribution >= 4 is 44.8 Å². The van der Waals surface area contributed by atoms with E-state index < -0.39 is 0 Å². The molecule has 6 nitrogen and oxygen atoms in total. The third kappa shape index (κ3) is 3.26. The third-order valence-corrected chi connectivity index (χ3v) is 7.32. The molecule has 0 atom stereocenters. The summed E-state index contributed by atoms with van der Waals surface area (Å²) in [5, 5.41) is 7.41. The van der Waals surface area contributed by atoms with Crippen molar-refractivity contribution < 1.29 is 9.32 Å². The molecule has 30 heavy (non-hydrogen) atoms. The van der Waals surface area contributed by atoms with Crippen molar-refractivity contribution in [2.24, 2.45) is 0 Å². The highest BCUT2D eigenvalue weighted by Crippen LogP contribution is 2.34. The van der Waals surface area contributed by atoms with Crippen molar-refractivity contribution in [3.8, 4) is 10.6 Å². The van der Waals surface area contributed by atoms with Crippen molar-refractivity contribution in [2.45, 2.75) is 32.6 Å². The lowest BCUT2D eigenvalue weighted by molar-refractivity contribution is 0.0991. The van der Waals surface area contributed by atoms with Crippen LogP contribution >= 0.6 is 22.7 Å². The molecule has 0 saturated carbocycles. The van der Waals surface area contributed by atoms with Gasteiger partial charge in [0, 0.05) is 11.4 Å². The molecule has 1 aliphatic rings. The number of anilines is 1. The van der Waals surface area contributed by atoms with E-state index in [4.69, 9.17) is 9.51 Å². The predicted octanol–water partition coefficient (Wildman–Crippen LogP) is 5.43. The van der Waals surface area contributed by atoms with Gasteiger partial charge in [0.05, 0.1) is 32.9 Å². The van der Waals surface area contributed by atoms with Crippen LogP contribution in [0.4, 0.5) is 5.13 Å². The number of pyridine rings is 1. The highest BCUT2D eigenvalue weighted by molar-refractivity contribution is 7.16. The summed E-state index contributed by atoms with van der Waals surface area (Å²) < 4.78 is 5.43. The Morgan fingerprint density at radius 3 is 2.97 bits per heavy atom. The Morgan fingerprint density at radius 2 is 2.20 bits per heavy atom. The number of thiazole rings is 1. The predicted molar refractivity (Wildman–Crippen MR) is 120 cm³/mol. The summed E-state index contributed by atoms with van der Waals surface area (Å²) >= 11 is 3.18. The average molecular weight is 437 g/mol. The van der Waals surface area contributed by atoms with Gasteiger partial charge in [0.1, 0.15) is 0 Å². The number of thiophene rings is 1. The number of fused-ring (bicyclic) bond motifs is 2. The minimum Gasteiger partial charge on any atom is -0.335 e. The Kier molecular flexibility index (Phi) is 4.96. The molecule has 0 N–H and O–H groups in total. The zero-order chi connectivity index (χ0) is 20.7. The first-order valence-electron chi connectivity index (χ1n) is 9.88. The standard InChI is InChI=1S/C22H20N4O2S2/c1-3-10-26(22-24-15-7-4-5-8-18(15)30-22)21(27)14-12-16(17-9-6-11-29-17)23-20-19(14)13(2)25-28-20/h3,6,9,11-12H,1,4-5,7-8,10H2,2H3. The number of hydrogen-bond acceptors (Lipinski definition) is 7. The molecule has 8 heteroatoms. The molecular formula is C22H20N4O2S2. The molecule has 0 unspecified atom stereocenters. The topological polar surface area (TPSA) is 72.1 Å². The molecule has 1 amide bonds. The molecule has 0 aliphatic heterocycles. The second-order valence-corrected chi connectivity index (χ2v) is 9.27. The summed E-state index contributed by atoms with van der Waals surface area (Å²) in [6.45, 7) is 6.06. The molecule has 0 bridgehead atoms. The summed E-state index contributed by atoms with van der Waals surface area (Å²) in [6.07, 6.45) is 6.08. The Balaban J connectivity index is 1.63. The van der Waals surface area contributed by atoms with Crippen LogP contribution in [0.25, 0.3) is 21.7 Å². The van der Waals surface area contributed by atoms with Gasteiger partial charge in [-0.25, -0.2) is 9.97 Å². The summed E-state index contributed by atoms with van der Waals surface area (Å²) in [7, 11) is 0. The maximum Gasteiger partial charge on any atom is 0.261 e. The van der Waals surface area contributed by atoms with E-state index in [1.54, 1.807) is 33.6 Å². The van der Waals surface area contributed by atoms with Crippen LogP contribution in [0.5, 0.6) is 0 Å². The number of carbonyl (C=O) groups is 1. The fraction of sp³-hybridized carbons (Fsp3) is 0.273. The Labute approximate surface area is 181 Å². The molecule has 0 spiro atoms. The van der Waals surface area contributed by atoms with E-state index in [0.29, 0.717) is 34.6 Å². The summed E-state index contributed by atoms with van der Waals surface area (Å²) in [6, 6.07) is 5.78. The van der Waals surface area contributed by atoms with Gasteiger partial charge in [-0.3, -0.25) is 9.69 Å². The van der Waals surface area contributed by atoms with Crippen molar-refractivity contribution in [1.82, 2.24) is 15.1 Å². The van der Waals surface area contributed by atoms with Gasteiger partial charge in [0.2, 0.25) is 0 Å². The quantitative estimate of drug-likeness (QED) is 0.390. The van der Waals surface area contributed by atoms with E-state index in [2.05, 4.69) is 16.7 Å². The monoisotopic (exact) mass is 436 g/mol. The molecule has 4 aromatic rings. The number of aromatic nitrogens is 3. The Morgan fingerprint density at radius 1 is 1.33 bits per heavy atom. The van der Waals surface area contributed by atoms with Crippen LogP contribution in [-0.2, 0) is 12.8 Å². The van der Waals surface area contributed by atoms with Crippen LogP contribution in [0.2, 0.25) is 0 Å². The van der Waals surface area contributed by atoms with Gasteiger partial charge in [0.15, 0.2) is 5.13 Å². The lowest BCUT2D eigenvalue weighted by Crippen LogP contribution is -2.31. The highest BCUT2D eigenvalue weighted by atomic mass is 32.1. The summed E-state index contributed by atoms with van der Waals surface area (Å²) in [4.78, 5) is 27.1. The number of aryl methyl sites for hydroxylation is 3. The second kappa shape index (κ2) is 7.77. The fourth-order valence-electron chi connectivity index (χ4n) is 3.79. The first kappa shape index (κ1) is 19.1. The Bertz CT molecular complexity index is 1220. The number of rotatable bonds is 5. The van der Waals surface area contributed by atoms with Crippen LogP contribution < -0.4 is 4.90 Å². The molecule has 5 rings (SSSR count). The summed E-state index contributed by atoms with van der Waals surface area (Å²) in [5.41, 5.74) is 3.38. The van der Waals surface area contributed by atoms with Gasteiger partial charge in [-0.15, -0.1) is 29.3 Å². The van der Waals surface area contributed by atoms with Gasteiger partial charge >= 0.3 is 0 Å². The molecule has 0 fully saturated rings. The molecule has 152 valence electrons. The van der Waals surface area contributed by atoms with E-state index in [0.717, 1.165) is 35.0 Å². The maximum atomic E-state index is 13.8. The number of nitrogens with zero attached hydrogens (tertiary/aromatic N) is 4. The summed E-state index contributed by atoms with van der Waals surface area (Å²) in [5.74, 6) is -0.141.